The fourth-order valence-corrected chi connectivity index (χ4v) is 1.76. The third-order valence-electron chi connectivity index (χ3n) is 2.40. The summed E-state index contributed by atoms with van der Waals surface area (Å²) in [4.78, 5) is 13.0. The Morgan fingerprint density at radius 2 is 2.15 bits per heavy atom. The normalized spacial score (nSPS) is 10.1. The standard InChI is InChI=1S/C13H9Cl2N3O2/c1-3-6-20-13(19)12-8(2)16-18(17-12)9-4-5-10(14)11(15)7-9/h1,4-5,7H,6H2,2H3. The number of ether oxygens (including phenoxy) is 1. The molecule has 0 aliphatic heterocycles. The topological polar surface area (TPSA) is 57.0 Å². The summed E-state index contributed by atoms with van der Waals surface area (Å²) in [6, 6.07) is 4.90. The number of carbonyl (C=O) groups excluding carboxylic acids is 1. The third-order valence-corrected chi connectivity index (χ3v) is 3.14. The number of halogens is 2. The molecule has 0 bridgehead atoms. The highest BCUT2D eigenvalue weighted by Gasteiger charge is 2.17. The van der Waals surface area contributed by atoms with Crippen LogP contribution in [-0.4, -0.2) is 27.6 Å². The number of terminal acetylenes is 1. The Balaban J connectivity index is 2.33. The molecule has 0 saturated carbocycles. The Morgan fingerprint density at radius 1 is 1.40 bits per heavy atom. The van der Waals surface area contributed by atoms with E-state index in [1.54, 1.807) is 25.1 Å². The van der Waals surface area contributed by atoms with Crippen molar-refractivity contribution >= 4 is 29.2 Å². The molecule has 1 aromatic carbocycles. The van der Waals surface area contributed by atoms with Crippen LogP contribution in [0, 0.1) is 19.3 Å². The minimum Gasteiger partial charge on any atom is -0.448 e. The van der Waals surface area contributed by atoms with Gasteiger partial charge in [-0.05, 0) is 25.1 Å². The van der Waals surface area contributed by atoms with Crippen LogP contribution >= 0.6 is 23.2 Å². The molecule has 0 spiro atoms. The van der Waals surface area contributed by atoms with Crippen molar-refractivity contribution in [2.24, 2.45) is 0 Å². The van der Waals surface area contributed by atoms with Gasteiger partial charge < -0.3 is 4.74 Å². The maximum atomic E-state index is 11.7. The Hall–Kier alpha value is -2.03. The summed E-state index contributed by atoms with van der Waals surface area (Å²) in [7, 11) is 0. The van der Waals surface area contributed by atoms with Crippen molar-refractivity contribution in [2.75, 3.05) is 6.61 Å². The zero-order valence-corrected chi connectivity index (χ0v) is 11.9. The molecule has 0 unspecified atom stereocenters. The molecule has 0 aliphatic rings. The highest BCUT2D eigenvalue weighted by molar-refractivity contribution is 6.42. The highest BCUT2D eigenvalue weighted by atomic mass is 35.5. The van der Waals surface area contributed by atoms with Gasteiger partial charge >= 0.3 is 5.97 Å². The maximum Gasteiger partial charge on any atom is 0.361 e. The number of aryl methyl sites for hydroxylation is 1. The molecule has 102 valence electrons. The number of carbonyl (C=O) groups is 1. The van der Waals surface area contributed by atoms with E-state index in [0.717, 1.165) is 0 Å². The largest absolute Gasteiger partial charge is 0.448 e. The summed E-state index contributed by atoms with van der Waals surface area (Å²) in [6.07, 6.45) is 5.02. The summed E-state index contributed by atoms with van der Waals surface area (Å²) in [5.41, 5.74) is 1.11. The highest BCUT2D eigenvalue weighted by Crippen LogP contribution is 2.24. The van der Waals surface area contributed by atoms with Gasteiger partial charge in [0.2, 0.25) is 0 Å². The molecule has 0 N–H and O–H groups in total. The van der Waals surface area contributed by atoms with Gasteiger partial charge in [0.1, 0.15) is 0 Å². The molecule has 0 aliphatic carbocycles. The van der Waals surface area contributed by atoms with Crippen LogP contribution < -0.4 is 0 Å². The van der Waals surface area contributed by atoms with Crippen LogP contribution in [0.2, 0.25) is 10.0 Å². The summed E-state index contributed by atoms with van der Waals surface area (Å²) in [6.45, 7) is 1.53. The summed E-state index contributed by atoms with van der Waals surface area (Å²) < 4.78 is 4.81. The molecule has 2 rings (SSSR count). The average Bonchev–Trinajstić information content (AvgIpc) is 2.81. The number of nitrogens with zero attached hydrogens (tertiary/aromatic N) is 3. The molecule has 0 amide bonds. The maximum absolute atomic E-state index is 11.7. The second-order valence-corrected chi connectivity index (χ2v) is 4.62. The first kappa shape index (κ1) is 14.4. The van der Waals surface area contributed by atoms with Crippen LogP contribution in [0.1, 0.15) is 16.2 Å². The van der Waals surface area contributed by atoms with Crippen LogP contribution in [0.5, 0.6) is 0 Å². The molecule has 0 fully saturated rings. The average molecular weight is 310 g/mol. The number of hydrogen-bond donors (Lipinski definition) is 0. The molecule has 7 heteroatoms. The third kappa shape index (κ3) is 2.93. The zero-order valence-electron chi connectivity index (χ0n) is 10.4. The van der Waals surface area contributed by atoms with Gasteiger partial charge in [-0.15, -0.1) is 11.5 Å². The van der Waals surface area contributed by atoms with E-state index < -0.39 is 5.97 Å². The molecule has 0 saturated heterocycles. The van der Waals surface area contributed by atoms with Crippen LogP contribution in [0.25, 0.3) is 5.69 Å². The molecule has 0 radical (unpaired) electrons. The lowest BCUT2D eigenvalue weighted by molar-refractivity contribution is 0.0548. The SMILES string of the molecule is C#CCOC(=O)c1nn(-c2ccc(Cl)c(Cl)c2)nc1C. The van der Waals surface area contributed by atoms with E-state index in [-0.39, 0.29) is 12.3 Å². The van der Waals surface area contributed by atoms with Gasteiger partial charge in [0.25, 0.3) is 0 Å². The van der Waals surface area contributed by atoms with Gasteiger partial charge in [-0.25, -0.2) is 4.79 Å². The van der Waals surface area contributed by atoms with Crippen molar-refractivity contribution in [2.45, 2.75) is 6.92 Å². The Bertz CT molecular complexity index is 704. The second kappa shape index (κ2) is 5.95. The van der Waals surface area contributed by atoms with Gasteiger partial charge in [-0.3, -0.25) is 0 Å². The monoisotopic (exact) mass is 309 g/mol. The lowest BCUT2D eigenvalue weighted by atomic mass is 10.3. The summed E-state index contributed by atoms with van der Waals surface area (Å²) >= 11 is 11.8. The van der Waals surface area contributed by atoms with E-state index in [0.29, 0.717) is 21.4 Å². The van der Waals surface area contributed by atoms with Crippen LogP contribution in [0.4, 0.5) is 0 Å². The van der Waals surface area contributed by atoms with Gasteiger partial charge in [-0.2, -0.15) is 9.90 Å². The molecule has 20 heavy (non-hydrogen) atoms. The van der Waals surface area contributed by atoms with Crippen molar-refractivity contribution in [3.05, 3.63) is 39.6 Å². The van der Waals surface area contributed by atoms with Gasteiger partial charge in [-0.1, -0.05) is 29.1 Å². The van der Waals surface area contributed by atoms with Gasteiger partial charge in [0.05, 0.1) is 21.4 Å². The lowest BCUT2D eigenvalue weighted by Crippen LogP contribution is -2.08. The van der Waals surface area contributed by atoms with E-state index in [9.17, 15) is 4.79 Å². The summed E-state index contributed by atoms with van der Waals surface area (Å²) in [5, 5.41) is 8.99. The number of esters is 1. The second-order valence-electron chi connectivity index (χ2n) is 3.80. The molecule has 5 nitrogen and oxygen atoms in total. The van der Waals surface area contributed by atoms with Gasteiger partial charge in [0.15, 0.2) is 12.3 Å². The number of rotatable bonds is 3. The number of hydrogen-bond acceptors (Lipinski definition) is 4. The Kier molecular flexibility index (Phi) is 4.28. The zero-order chi connectivity index (χ0) is 14.7. The smallest absolute Gasteiger partial charge is 0.361 e. The molecule has 2 aromatic rings. The predicted octanol–water partition coefficient (Wildman–Crippen LogP) is 2.67. The molecular formula is C13H9Cl2N3O2. The van der Waals surface area contributed by atoms with E-state index in [1.807, 2.05) is 0 Å². The summed E-state index contributed by atoms with van der Waals surface area (Å²) in [5.74, 6) is 1.59. The van der Waals surface area contributed by atoms with E-state index >= 15 is 0 Å². The predicted molar refractivity (Wildman–Crippen MR) is 75.2 cm³/mol. The van der Waals surface area contributed by atoms with Crippen molar-refractivity contribution < 1.29 is 9.53 Å². The Morgan fingerprint density at radius 3 is 2.80 bits per heavy atom. The Labute approximate surface area is 125 Å². The minimum absolute atomic E-state index is 0.103. The van der Waals surface area contributed by atoms with Crippen molar-refractivity contribution in [3.8, 4) is 18.0 Å². The lowest BCUT2D eigenvalue weighted by Gasteiger charge is -2.01. The quantitative estimate of drug-likeness (QED) is 0.646. The fourth-order valence-electron chi connectivity index (χ4n) is 1.47. The first-order valence-corrected chi connectivity index (χ1v) is 6.28. The number of benzene rings is 1. The van der Waals surface area contributed by atoms with Crippen LogP contribution in [0.3, 0.4) is 0 Å². The van der Waals surface area contributed by atoms with Crippen molar-refractivity contribution in [1.29, 1.82) is 0 Å². The van der Waals surface area contributed by atoms with Crippen LogP contribution in [0.15, 0.2) is 18.2 Å². The fraction of sp³-hybridized carbons (Fsp3) is 0.154. The van der Waals surface area contributed by atoms with Crippen molar-refractivity contribution in [3.63, 3.8) is 0 Å². The molecule has 1 aromatic heterocycles. The van der Waals surface area contributed by atoms with E-state index in [2.05, 4.69) is 16.1 Å². The van der Waals surface area contributed by atoms with Gasteiger partial charge in [0, 0.05) is 0 Å². The van der Waals surface area contributed by atoms with Crippen molar-refractivity contribution in [1.82, 2.24) is 15.0 Å². The molecule has 1 heterocycles. The first-order valence-electron chi connectivity index (χ1n) is 5.53. The first-order chi connectivity index (χ1) is 9.52. The minimum atomic E-state index is -0.619. The molecular weight excluding hydrogens is 301 g/mol. The number of aromatic nitrogens is 3. The molecule has 0 atom stereocenters. The van der Waals surface area contributed by atoms with Crippen LogP contribution in [-0.2, 0) is 4.74 Å². The van der Waals surface area contributed by atoms with E-state index in [4.69, 9.17) is 34.4 Å². The van der Waals surface area contributed by atoms with E-state index in [1.165, 1.54) is 4.80 Å².